The molecular formula is C17H21ClN4O2. The molecule has 24 heavy (non-hydrogen) atoms. The molecule has 0 saturated carbocycles. The fraction of sp³-hybridized carbons (Fsp3) is 0.412. The molecule has 0 bridgehead atoms. The first kappa shape index (κ1) is 16.8. The molecule has 1 aromatic carbocycles. The molecule has 1 fully saturated rings. The molecule has 1 aromatic heterocycles. The smallest absolute Gasteiger partial charge is 0.271 e. The second kappa shape index (κ2) is 8.17. The summed E-state index contributed by atoms with van der Waals surface area (Å²) in [5.41, 5.74) is 0.437. The third-order valence-electron chi connectivity index (χ3n) is 3.96. The van der Waals surface area contributed by atoms with Crippen LogP contribution in [0.4, 0.5) is 0 Å². The number of nitrogens with zero attached hydrogens (tertiary/aromatic N) is 2. The van der Waals surface area contributed by atoms with Crippen molar-refractivity contribution in [1.29, 1.82) is 0 Å². The average molecular weight is 349 g/mol. The molecule has 3 rings (SSSR count). The maximum atomic E-state index is 12.1. The van der Waals surface area contributed by atoms with Gasteiger partial charge in [0.05, 0.1) is 12.6 Å². The maximum Gasteiger partial charge on any atom is 0.271 e. The number of hydrogen-bond acceptors (Lipinski definition) is 4. The van der Waals surface area contributed by atoms with Crippen LogP contribution >= 0.6 is 11.6 Å². The first-order chi connectivity index (χ1) is 11.7. The zero-order valence-corrected chi connectivity index (χ0v) is 14.1. The predicted octanol–water partition coefficient (Wildman–Crippen LogP) is 2.27. The molecule has 1 aliphatic rings. The topological polar surface area (TPSA) is 68.2 Å². The number of halogens is 1. The number of nitrogens with one attached hydrogen (secondary N) is 2. The summed E-state index contributed by atoms with van der Waals surface area (Å²) in [6, 6.07) is 9.20. The molecule has 1 saturated heterocycles. The van der Waals surface area contributed by atoms with Gasteiger partial charge in [-0.3, -0.25) is 9.48 Å². The maximum absolute atomic E-state index is 12.1. The molecule has 2 N–H and O–H groups in total. The minimum atomic E-state index is -0.183. The minimum Gasteiger partial charge on any atom is -0.492 e. The fourth-order valence-corrected chi connectivity index (χ4v) is 2.80. The van der Waals surface area contributed by atoms with Gasteiger partial charge in [-0.1, -0.05) is 11.6 Å². The normalized spacial score (nSPS) is 17.5. The largest absolute Gasteiger partial charge is 0.492 e. The number of piperidine rings is 1. The van der Waals surface area contributed by atoms with Crippen molar-refractivity contribution >= 4 is 17.5 Å². The van der Waals surface area contributed by atoms with Gasteiger partial charge < -0.3 is 15.4 Å². The minimum absolute atomic E-state index is 0.183. The van der Waals surface area contributed by atoms with E-state index in [2.05, 4.69) is 15.7 Å². The van der Waals surface area contributed by atoms with Crippen molar-refractivity contribution in [3.63, 3.8) is 0 Å². The lowest BCUT2D eigenvalue weighted by atomic mass is 10.1. The highest BCUT2D eigenvalue weighted by Gasteiger charge is 2.17. The fourth-order valence-electron chi connectivity index (χ4n) is 2.68. The van der Waals surface area contributed by atoms with E-state index in [1.165, 1.54) is 0 Å². The first-order valence-electron chi connectivity index (χ1n) is 8.15. The van der Waals surface area contributed by atoms with E-state index in [1.54, 1.807) is 30.3 Å². The number of benzene rings is 1. The van der Waals surface area contributed by atoms with Gasteiger partial charge in [0.25, 0.3) is 5.91 Å². The molecule has 128 valence electrons. The molecule has 1 amide bonds. The van der Waals surface area contributed by atoms with Gasteiger partial charge in [0.15, 0.2) is 0 Å². The number of amides is 1. The van der Waals surface area contributed by atoms with Crippen LogP contribution in [0, 0.1) is 0 Å². The highest BCUT2D eigenvalue weighted by atomic mass is 35.5. The molecular weight excluding hydrogens is 328 g/mol. The van der Waals surface area contributed by atoms with Gasteiger partial charge >= 0.3 is 0 Å². The molecule has 0 aliphatic carbocycles. The van der Waals surface area contributed by atoms with Crippen molar-refractivity contribution < 1.29 is 9.53 Å². The Morgan fingerprint density at radius 1 is 1.38 bits per heavy atom. The molecule has 1 unspecified atom stereocenters. The first-order valence-corrected chi connectivity index (χ1v) is 8.52. The van der Waals surface area contributed by atoms with Crippen LogP contribution in [0.3, 0.4) is 0 Å². The SMILES string of the molecule is O=C(NCCOc1ccc(Cl)cc1)c1ccn(C2CCCNC2)n1. The highest BCUT2D eigenvalue weighted by Crippen LogP contribution is 2.16. The van der Waals surface area contributed by atoms with Crippen molar-refractivity contribution in [3.8, 4) is 5.75 Å². The Kier molecular flexibility index (Phi) is 5.72. The predicted molar refractivity (Wildman–Crippen MR) is 92.6 cm³/mol. The summed E-state index contributed by atoms with van der Waals surface area (Å²) in [5.74, 6) is 0.542. The number of aromatic nitrogens is 2. The summed E-state index contributed by atoms with van der Waals surface area (Å²) in [6.45, 7) is 2.76. The standard InChI is InChI=1S/C17H21ClN4O2/c18-13-3-5-15(6-4-13)24-11-9-20-17(23)16-7-10-22(21-16)14-2-1-8-19-12-14/h3-7,10,14,19H,1-2,8-9,11-12H2,(H,20,23). The number of ether oxygens (including phenoxy) is 1. The summed E-state index contributed by atoms with van der Waals surface area (Å²) >= 11 is 5.82. The second-order valence-corrected chi connectivity index (χ2v) is 6.18. The Balaban J connectivity index is 1.43. The van der Waals surface area contributed by atoms with Crippen molar-refractivity contribution in [2.24, 2.45) is 0 Å². The molecule has 7 heteroatoms. The van der Waals surface area contributed by atoms with Crippen LogP contribution in [0.2, 0.25) is 5.02 Å². The van der Waals surface area contributed by atoms with Crippen LogP contribution in [0.1, 0.15) is 29.4 Å². The quantitative estimate of drug-likeness (QED) is 0.786. The van der Waals surface area contributed by atoms with E-state index in [0.29, 0.717) is 29.9 Å². The van der Waals surface area contributed by atoms with Crippen molar-refractivity contribution in [3.05, 3.63) is 47.2 Å². The Labute approximate surface area is 146 Å². The highest BCUT2D eigenvalue weighted by molar-refractivity contribution is 6.30. The van der Waals surface area contributed by atoms with Crippen molar-refractivity contribution in [2.45, 2.75) is 18.9 Å². The third kappa shape index (κ3) is 4.49. The molecule has 0 radical (unpaired) electrons. The number of rotatable bonds is 6. The molecule has 1 aliphatic heterocycles. The van der Waals surface area contributed by atoms with Crippen LogP contribution < -0.4 is 15.4 Å². The summed E-state index contributed by atoms with van der Waals surface area (Å²) in [5, 5.41) is 11.2. The summed E-state index contributed by atoms with van der Waals surface area (Å²) in [4.78, 5) is 12.1. The Morgan fingerprint density at radius 2 is 2.21 bits per heavy atom. The van der Waals surface area contributed by atoms with Gasteiger partial charge in [-0.15, -0.1) is 0 Å². The van der Waals surface area contributed by atoms with Crippen LogP contribution in [-0.4, -0.2) is 41.9 Å². The van der Waals surface area contributed by atoms with Gasteiger partial charge in [-0.05, 0) is 49.7 Å². The van der Waals surface area contributed by atoms with Gasteiger partial charge in [-0.2, -0.15) is 5.10 Å². The van der Waals surface area contributed by atoms with E-state index < -0.39 is 0 Å². The van der Waals surface area contributed by atoms with E-state index in [9.17, 15) is 4.79 Å². The van der Waals surface area contributed by atoms with Gasteiger partial charge in [0, 0.05) is 17.8 Å². The number of hydrogen-bond donors (Lipinski definition) is 2. The lowest BCUT2D eigenvalue weighted by molar-refractivity contribution is 0.0940. The van der Waals surface area contributed by atoms with Crippen LogP contribution in [0.15, 0.2) is 36.5 Å². The molecule has 0 spiro atoms. The van der Waals surface area contributed by atoms with Gasteiger partial charge in [-0.25, -0.2) is 0 Å². The van der Waals surface area contributed by atoms with E-state index >= 15 is 0 Å². The molecule has 2 aromatic rings. The summed E-state index contributed by atoms with van der Waals surface area (Å²) in [7, 11) is 0. The van der Waals surface area contributed by atoms with Crippen LogP contribution in [-0.2, 0) is 0 Å². The average Bonchev–Trinajstić information content (AvgIpc) is 3.11. The summed E-state index contributed by atoms with van der Waals surface area (Å²) < 4.78 is 7.42. The van der Waals surface area contributed by atoms with E-state index in [-0.39, 0.29) is 5.91 Å². The van der Waals surface area contributed by atoms with Gasteiger partial charge in [0.1, 0.15) is 18.1 Å². The van der Waals surface area contributed by atoms with Crippen molar-refractivity contribution in [1.82, 2.24) is 20.4 Å². The van der Waals surface area contributed by atoms with E-state index in [0.717, 1.165) is 31.7 Å². The monoisotopic (exact) mass is 348 g/mol. The Morgan fingerprint density at radius 3 is 2.96 bits per heavy atom. The van der Waals surface area contributed by atoms with Crippen LogP contribution in [0.25, 0.3) is 0 Å². The van der Waals surface area contributed by atoms with Gasteiger partial charge in [0.2, 0.25) is 0 Å². The lowest BCUT2D eigenvalue weighted by Crippen LogP contribution is -2.32. The Hall–Kier alpha value is -2.05. The molecule has 2 heterocycles. The molecule has 6 nitrogen and oxygen atoms in total. The third-order valence-corrected chi connectivity index (χ3v) is 4.21. The zero-order valence-electron chi connectivity index (χ0n) is 13.4. The second-order valence-electron chi connectivity index (χ2n) is 5.74. The number of carbonyl (C=O) groups is 1. The summed E-state index contributed by atoms with van der Waals surface area (Å²) in [6.07, 6.45) is 4.09. The van der Waals surface area contributed by atoms with Crippen LogP contribution in [0.5, 0.6) is 5.75 Å². The Bertz CT molecular complexity index is 665. The van der Waals surface area contributed by atoms with E-state index in [4.69, 9.17) is 16.3 Å². The lowest BCUT2D eigenvalue weighted by Gasteiger charge is -2.22. The number of carbonyl (C=O) groups excluding carboxylic acids is 1. The van der Waals surface area contributed by atoms with E-state index in [1.807, 2.05) is 10.9 Å². The molecule has 1 atom stereocenters. The zero-order chi connectivity index (χ0) is 16.8. The van der Waals surface area contributed by atoms with Crippen molar-refractivity contribution in [2.75, 3.05) is 26.2 Å².